The Hall–Kier alpha value is -2.66. The Balaban J connectivity index is 1.80. The van der Waals surface area contributed by atoms with Crippen LogP contribution in [0.2, 0.25) is 0 Å². The quantitative estimate of drug-likeness (QED) is 0.316. The highest BCUT2D eigenvalue weighted by molar-refractivity contribution is 5.55. The van der Waals surface area contributed by atoms with Gasteiger partial charge in [-0.3, -0.25) is 0 Å². The minimum Gasteiger partial charge on any atom is -0.457 e. The molecule has 0 amide bonds. The van der Waals surface area contributed by atoms with Gasteiger partial charge in [0, 0.05) is 4.91 Å². The highest BCUT2D eigenvalue weighted by atomic mass is 19.4. The molecule has 4 nitrogen and oxygen atoms in total. The molecule has 0 heterocycles. The SMILES string of the molecule is [N-]=[N+]=Nc1cc(C(F)(F)F)ccc1Oc1ccc(C2CCCCC2)cc1. The average Bonchev–Trinajstić information content (AvgIpc) is 2.64. The number of alkyl halides is 3. The number of azide groups is 1. The van der Waals surface area contributed by atoms with Crippen LogP contribution in [0.25, 0.3) is 10.4 Å². The van der Waals surface area contributed by atoms with E-state index in [0.29, 0.717) is 11.7 Å². The molecule has 7 heteroatoms. The van der Waals surface area contributed by atoms with Crippen LogP contribution >= 0.6 is 0 Å². The largest absolute Gasteiger partial charge is 0.457 e. The van der Waals surface area contributed by atoms with Crippen molar-refractivity contribution < 1.29 is 17.9 Å². The lowest BCUT2D eigenvalue weighted by Crippen LogP contribution is -2.04. The fourth-order valence-electron chi connectivity index (χ4n) is 3.28. The van der Waals surface area contributed by atoms with Gasteiger partial charge in [0.1, 0.15) is 11.5 Å². The van der Waals surface area contributed by atoms with E-state index in [2.05, 4.69) is 10.0 Å². The summed E-state index contributed by atoms with van der Waals surface area (Å²) in [7, 11) is 0. The minimum atomic E-state index is -4.51. The van der Waals surface area contributed by atoms with Crippen molar-refractivity contribution in [3.63, 3.8) is 0 Å². The molecule has 136 valence electrons. The van der Waals surface area contributed by atoms with Crippen LogP contribution in [-0.2, 0) is 6.18 Å². The summed E-state index contributed by atoms with van der Waals surface area (Å²) in [5.74, 6) is 1.13. The van der Waals surface area contributed by atoms with Crippen LogP contribution in [0.15, 0.2) is 47.6 Å². The molecule has 3 rings (SSSR count). The van der Waals surface area contributed by atoms with E-state index in [9.17, 15) is 13.2 Å². The van der Waals surface area contributed by atoms with E-state index < -0.39 is 11.7 Å². The molecule has 0 radical (unpaired) electrons. The predicted molar refractivity (Wildman–Crippen MR) is 92.6 cm³/mol. The molecular weight excluding hydrogens is 343 g/mol. The first-order valence-corrected chi connectivity index (χ1v) is 8.51. The van der Waals surface area contributed by atoms with Crippen LogP contribution in [0.5, 0.6) is 11.5 Å². The fourth-order valence-corrected chi connectivity index (χ4v) is 3.28. The summed E-state index contributed by atoms with van der Waals surface area (Å²) >= 11 is 0. The summed E-state index contributed by atoms with van der Waals surface area (Å²) in [5.41, 5.74) is 8.77. The van der Waals surface area contributed by atoms with Crippen molar-refractivity contribution in [3.8, 4) is 11.5 Å². The predicted octanol–water partition coefficient (Wildman–Crippen LogP) is 7.49. The van der Waals surface area contributed by atoms with Gasteiger partial charge >= 0.3 is 6.18 Å². The molecule has 0 aromatic heterocycles. The Bertz CT molecular complexity index is 806. The molecule has 0 bridgehead atoms. The third-order valence-electron chi connectivity index (χ3n) is 4.62. The monoisotopic (exact) mass is 361 g/mol. The summed E-state index contributed by atoms with van der Waals surface area (Å²) in [6.07, 6.45) is 1.61. The number of hydrogen-bond donors (Lipinski definition) is 0. The molecule has 26 heavy (non-hydrogen) atoms. The van der Waals surface area contributed by atoms with Gasteiger partial charge in [0.05, 0.1) is 11.3 Å². The van der Waals surface area contributed by atoms with Gasteiger partial charge < -0.3 is 4.74 Å². The Morgan fingerprint density at radius 1 is 1.00 bits per heavy atom. The van der Waals surface area contributed by atoms with Gasteiger partial charge in [0.25, 0.3) is 0 Å². The Morgan fingerprint density at radius 2 is 1.69 bits per heavy atom. The number of rotatable bonds is 4. The zero-order valence-corrected chi connectivity index (χ0v) is 14.0. The summed E-state index contributed by atoms with van der Waals surface area (Å²) in [6, 6.07) is 10.4. The first kappa shape index (κ1) is 18.1. The van der Waals surface area contributed by atoms with Gasteiger partial charge in [0.15, 0.2) is 0 Å². The number of benzene rings is 2. The van der Waals surface area contributed by atoms with Crippen molar-refractivity contribution in [3.05, 3.63) is 64.0 Å². The molecule has 0 atom stereocenters. The standard InChI is InChI=1S/C19H18F3N3O/c20-19(21,22)15-8-11-18(17(12-15)24-25-23)26-16-9-6-14(7-10-16)13-4-2-1-3-5-13/h6-13H,1-5H2. The summed E-state index contributed by atoms with van der Waals surface area (Å²) in [5, 5.41) is 3.32. The zero-order chi connectivity index (χ0) is 18.6. The number of nitrogens with zero attached hydrogens (tertiary/aromatic N) is 3. The van der Waals surface area contributed by atoms with Gasteiger partial charge in [0.2, 0.25) is 0 Å². The van der Waals surface area contributed by atoms with Gasteiger partial charge in [-0.1, -0.05) is 36.5 Å². The molecule has 0 N–H and O–H groups in total. The van der Waals surface area contributed by atoms with Crippen molar-refractivity contribution in [2.24, 2.45) is 5.11 Å². The Labute approximate surface area is 149 Å². The smallest absolute Gasteiger partial charge is 0.416 e. The molecule has 1 saturated carbocycles. The lowest BCUT2D eigenvalue weighted by Gasteiger charge is -2.22. The second kappa shape index (κ2) is 7.70. The maximum Gasteiger partial charge on any atom is 0.416 e. The van der Waals surface area contributed by atoms with E-state index in [-0.39, 0.29) is 11.4 Å². The van der Waals surface area contributed by atoms with E-state index in [1.54, 1.807) is 12.1 Å². The first-order valence-electron chi connectivity index (χ1n) is 8.51. The molecule has 1 fully saturated rings. The topological polar surface area (TPSA) is 58.0 Å². The minimum absolute atomic E-state index is 0.0845. The van der Waals surface area contributed by atoms with Crippen LogP contribution in [0, 0.1) is 0 Å². The molecule has 2 aromatic carbocycles. The molecule has 1 aliphatic carbocycles. The third-order valence-corrected chi connectivity index (χ3v) is 4.62. The molecular formula is C19H18F3N3O. The highest BCUT2D eigenvalue weighted by Gasteiger charge is 2.31. The Kier molecular flexibility index (Phi) is 5.38. The summed E-state index contributed by atoms with van der Waals surface area (Å²) in [4.78, 5) is 2.58. The van der Waals surface area contributed by atoms with Crippen molar-refractivity contribution in [2.75, 3.05) is 0 Å². The van der Waals surface area contributed by atoms with Gasteiger partial charge in [-0.25, -0.2) is 0 Å². The van der Waals surface area contributed by atoms with Crippen LogP contribution in [0.3, 0.4) is 0 Å². The van der Waals surface area contributed by atoms with E-state index in [1.165, 1.54) is 43.7 Å². The molecule has 0 aliphatic heterocycles. The van der Waals surface area contributed by atoms with Crippen LogP contribution in [0.1, 0.15) is 49.1 Å². The van der Waals surface area contributed by atoms with Crippen molar-refractivity contribution in [2.45, 2.75) is 44.2 Å². The number of ether oxygens (including phenoxy) is 1. The van der Waals surface area contributed by atoms with Crippen LogP contribution in [0.4, 0.5) is 18.9 Å². The van der Waals surface area contributed by atoms with E-state index >= 15 is 0 Å². The lowest BCUT2D eigenvalue weighted by molar-refractivity contribution is -0.137. The van der Waals surface area contributed by atoms with Crippen LogP contribution < -0.4 is 4.74 Å². The third kappa shape index (κ3) is 4.29. The highest BCUT2D eigenvalue weighted by Crippen LogP contribution is 2.39. The molecule has 0 saturated heterocycles. The van der Waals surface area contributed by atoms with Crippen molar-refractivity contribution in [1.82, 2.24) is 0 Å². The maximum absolute atomic E-state index is 12.8. The zero-order valence-electron chi connectivity index (χ0n) is 14.0. The van der Waals surface area contributed by atoms with Crippen molar-refractivity contribution >= 4 is 5.69 Å². The number of hydrogen-bond acceptors (Lipinski definition) is 2. The van der Waals surface area contributed by atoms with Gasteiger partial charge in [-0.05, 0) is 60.2 Å². The van der Waals surface area contributed by atoms with Gasteiger partial charge in [-0.15, -0.1) is 0 Å². The molecule has 1 aliphatic rings. The fraction of sp³-hybridized carbons (Fsp3) is 0.368. The van der Waals surface area contributed by atoms with Crippen molar-refractivity contribution in [1.29, 1.82) is 0 Å². The molecule has 0 spiro atoms. The second-order valence-electron chi connectivity index (χ2n) is 6.38. The van der Waals surface area contributed by atoms with E-state index in [1.807, 2.05) is 12.1 Å². The first-order chi connectivity index (χ1) is 12.5. The second-order valence-corrected chi connectivity index (χ2v) is 6.38. The van der Waals surface area contributed by atoms with E-state index in [4.69, 9.17) is 10.3 Å². The Morgan fingerprint density at radius 3 is 2.31 bits per heavy atom. The van der Waals surface area contributed by atoms with Gasteiger partial charge in [-0.2, -0.15) is 13.2 Å². The summed E-state index contributed by atoms with van der Waals surface area (Å²) in [6.45, 7) is 0. The molecule has 2 aromatic rings. The average molecular weight is 361 g/mol. The summed E-state index contributed by atoms with van der Waals surface area (Å²) < 4.78 is 44.1. The maximum atomic E-state index is 12.8. The van der Waals surface area contributed by atoms with E-state index in [0.717, 1.165) is 12.1 Å². The number of halogens is 3. The lowest BCUT2D eigenvalue weighted by atomic mass is 9.84. The normalized spacial score (nSPS) is 15.3. The van der Waals surface area contributed by atoms with Crippen LogP contribution in [-0.4, -0.2) is 0 Å². The molecule has 0 unspecified atom stereocenters.